The molecule has 0 spiro atoms. The van der Waals surface area contributed by atoms with Gasteiger partial charge in [-0.15, -0.1) is 5.10 Å². The summed E-state index contributed by atoms with van der Waals surface area (Å²) < 4.78 is 7.92. The van der Waals surface area contributed by atoms with E-state index in [1.54, 1.807) is 7.05 Å². The molecular weight excluding hydrogens is 158 g/mol. The van der Waals surface area contributed by atoms with Gasteiger partial charge < -0.3 is 4.74 Å². The predicted octanol–water partition coefficient (Wildman–Crippen LogP) is 0.000400. The highest BCUT2D eigenvalue weighted by atomic mass is 16.5. The lowest BCUT2D eigenvalue weighted by Crippen LogP contribution is -2.22. The van der Waals surface area contributed by atoms with Crippen molar-refractivity contribution < 1.29 is 4.74 Å². The predicted molar refractivity (Wildman–Crippen MR) is 44.3 cm³/mol. The minimum atomic E-state index is -0.138. The number of hydrogen-bond acceptors (Lipinski definition) is 3. The lowest BCUT2D eigenvalue weighted by Gasteiger charge is -2.00. The van der Waals surface area contributed by atoms with Gasteiger partial charge in [-0.2, -0.15) is 0 Å². The molecule has 0 fully saturated rings. The highest BCUT2D eigenvalue weighted by Gasteiger charge is 2.08. The van der Waals surface area contributed by atoms with Crippen LogP contribution in [-0.2, 0) is 13.6 Å². The van der Waals surface area contributed by atoms with E-state index in [4.69, 9.17) is 4.74 Å². The van der Waals surface area contributed by atoms with E-state index in [0.29, 0.717) is 19.2 Å². The van der Waals surface area contributed by atoms with Crippen molar-refractivity contribution in [3.8, 4) is 6.01 Å². The van der Waals surface area contributed by atoms with Crippen LogP contribution in [0.5, 0.6) is 6.01 Å². The summed E-state index contributed by atoms with van der Waals surface area (Å²) in [5.74, 6) is 0. The Morgan fingerprint density at radius 1 is 1.50 bits per heavy atom. The van der Waals surface area contributed by atoms with Gasteiger partial charge in [-0.25, -0.2) is 14.0 Å². The van der Waals surface area contributed by atoms with E-state index in [-0.39, 0.29) is 5.69 Å². The molecule has 0 saturated heterocycles. The highest BCUT2D eigenvalue weighted by Crippen LogP contribution is 2.01. The summed E-state index contributed by atoms with van der Waals surface area (Å²) in [6.45, 7) is 4.85. The van der Waals surface area contributed by atoms with Crippen molar-refractivity contribution in [3.05, 3.63) is 10.5 Å². The van der Waals surface area contributed by atoms with Gasteiger partial charge in [-0.05, 0) is 13.8 Å². The third kappa shape index (κ3) is 1.34. The monoisotopic (exact) mass is 171 g/mol. The van der Waals surface area contributed by atoms with E-state index in [9.17, 15) is 4.79 Å². The van der Waals surface area contributed by atoms with E-state index < -0.39 is 0 Å². The standard InChI is InChI=1S/C7H13N3O2/c1-4-10-6(12-5-2)8-9(3)7(10)11/h4-5H2,1-3H3. The van der Waals surface area contributed by atoms with Crippen LogP contribution in [0.25, 0.3) is 0 Å². The number of aromatic nitrogens is 3. The Hall–Kier alpha value is -1.26. The summed E-state index contributed by atoms with van der Waals surface area (Å²) in [5.41, 5.74) is -0.138. The van der Waals surface area contributed by atoms with Crippen LogP contribution >= 0.6 is 0 Å². The molecular formula is C7H13N3O2. The molecule has 5 heteroatoms. The molecule has 1 aromatic rings. The summed E-state index contributed by atoms with van der Waals surface area (Å²) in [5, 5.41) is 3.92. The van der Waals surface area contributed by atoms with Crippen LogP contribution < -0.4 is 10.4 Å². The molecule has 0 saturated carbocycles. The summed E-state index contributed by atoms with van der Waals surface area (Å²) in [7, 11) is 1.61. The van der Waals surface area contributed by atoms with E-state index >= 15 is 0 Å². The first kappa shape index (κ1) is 8.83. The topological polar surface area (TPSA) is 49.1 Å². The lowest BCUT2D eigenvalue weighted by atomic mass is 10.7. The molecule has 0 radical (unpaired) electrons. The van der Waals surface area contributed by atoms with Crippen molar-refractivity contribution in [2.24, 2.45) is 7.05 Å². The average Bonchev–Trinajstić information content (AvgIpc) is 2.29. The third-order valence-electron chi connectivity index (χ3n) is 1.56. The van der Waals surface area contributed by atoms with Gasteiger partial charge in [0.25, 0.3) is 0 Å². The van der Waals surface area contributed by atoms with Gasteiger partial charge >= 0.3 is 11.7 Å². The minimum absolute atomic E-state index is 0.138. The molecule has 0 aliphatic carbocycles. The van der Waals surface area contributed by atoms with Gasteiger partial charge in [-0.3, -0.25) is 0 Å². The van der Waals surface area contributed by atoms with Crippen molar-refractivity contribution >= 4 is 0 Å². The maximum atomic E-state index is 11.3. The maximum absolute atomic E-state index is 11.3. The quantitative estimate of drug-likeness (QED) is 0.643. The molecule has 12 heavy (non-hydrogen) atoms. The summed E-state index contributed by atoms with van der Waals surface area (Å²) in [4.78, 5) is 11.3. The summed E-state index contributed by atoms with van der Waals surface area (Å²) in [6.07, 6.45) is 0. The second kappa shape index (κ2) is 3.42. The van der Waals surface area contributed by atoms with E-state index in [0.717, 1.165) is 0 Å². The van der Waals surface area contributed by atoms with Crippen LogP contribution in [0.3, 0.4) is 0 Å². The molecule has 0 atom stereocenters. The summed E-state index contributed by atoms with van der Waals surface area (Å²) >= 11 is 0. The number of aryl methyl sites for hydroxylation is 1. The normalized spacial score (nSPS) is 10.2. The molecule has 0 aliphatic rings. The molecule has 0 aromatic carbocycles. The fourth-order valence-corrected chi connectivity index (χ4v) is 0.988. The van der Waals surface area contributed by atoms with Crippen molar-refractivity contribution in [1.29, 1.82) is 0 Å². The van der Waals surface area contributed by atoms with Crippen LogP contribution in [0.2, 0.25) is 0 Å². The van der Waals surface area contributed by atoms with Gasteiger partial charge in [-0.1, -0.05) is 0 Å². The maximum Gasteiger partial charge on any atom is 0.348 e. The molecule has 1 heterocycles. The Morgan fingerprint density at radius 2 is 2.17 bits per heavy atom. The first-order chi connectivity index (χ1) is 5.70. The zero-order valence-corrected chi connectivity index (χ0v) is 7.57. The molecule has 0 N–H and O–H groups in total. The molecule has 0 amide bonds. The first-order valence-electron chi connectivity index (χ1n) is 3.97. The first-order valence-corrected chi connectivity index (χ1v) is 3.97. The smallest absolute Gasteiger partial charge is 0.348 e. The zero-order valence-electron chi connectivity index (χ0n) is 7.57. The average molecular weight is 171 g/mol. The Balaban J connectivity index is 3.11. The molecule has 0 unspecified atom stereocenters. The fraction of sp³-hybridized carbons (Fsp3) is 0.714. The molecule has 68 valence electrons. The van der Waals surface area contributed by atoms with Gasteiger partial charge in [0, 0.05) is 13.6 Å². The Morgan fingerprint density at radius 3 is 2.67 bits per heavy atom. The molecule has 0 bridgehead atoms. The molecule has 0 aliphatic heterocycles. The van der Waals surface area contributed by atoms with Gasteiger partial charge in [0.05, 0.1) is 6.61 Å². The summed E-state index contributed by atoms with van der Waals surface area (Å²) in [6, 6.07) is 0.396. The van der Waals surface area contributed by atoms with Crippen LogP contribution in [0.15, 0.2) is 4.79 Å². The van der Waals surface area contributed by atoms with Gasteiger partial charge in [0.15, 0.2) is 0 Å². The van der Waals surface area contributed by atoms with Crippen molar-refractivity contribution in [3.63, 3.8) is 0 Å². The van der Waals surface area contributed by atoms with Crippen LogP contribution in [0.4, 0.5) is 0 Å². The third-order valence-corrected chi connectivity index (χ3v) is 1.56. The SMILES string of the molecule is CCOc1nn(C)c(=O)n1CC. The molecule has 5 nitrogen and oxygen atoms in total. The fourth-order valence-electron chi connectivity index (χ4n) is 0.988. The van der Waals surface area contributed by atoms with E-state index in [2.05, 4.69) is 5.10 Å². The Bertz CT molecular complexity index is 313. The largest absolute Gasteiger partial charge is 0.464 e. The second-order valence-corrected chi connectivity index (χ2v) is 2.37. The van der Waals surface area contributed by atoms with Crippen LogP contribution in [-0.4, -0.2) is 21.0 Å². The van der Waals surface area contributed by atoms with Crippen molar-refractivity contribution in [1.82, 2.24) is 14.3 Å². The van der Waals surface area contributed by atoms with E-state index in [1.807, 2.05) is 13.8 Å². The molecule has 1 aromatic heterocycles. The number of hydrogen-bond donors (Lipinski definition) is 0. The number of rotatable bonds is 3. The van der Waals surface area contributed by atoms with Crippen molar-refractivity contribution in [2.45, 2.75) is 20.4 Å². The Labute approximate surface area is 70.6 Å². The van der Waals surface area contributed by atoms with E-state index in [1.165, 1.54) is 9.25 Å². The lowest BCUT2D eigenvalue weighted by molar-refractivity contribution is 0.294. The van der Waals surface area contributed by atoms with Crippen LogP contribution in [0, 0.1) is 0 Å². The zero-order chi connectivity index (χ0) is 9.14. The minimum Gasteiger partial charge on any atom is -0.464 e. The Kier molecular flexibility index (Phi) is 2.52. The number of ether oxygens (including phenoxy) is 1. The van der Waals surface area contributed by atoms with Gasteiger partial charge in [0.2, 0.25) is 0 Å². The van der Waals surface area contributed by atoms with Crippen LogP contribution in [0.1, 0.15) is 13.8 Å². The number of nitrogens with zero attached hydrogens (tertiary/aromatic N) is 3. The van der Waals surface area contributed by atoms with Gasteiger partial charge in [0.1, 0.15) is 0 Å². The van der Waals surface area contributed by atoms with Crippen molar-refractivity contribution in [2.75, 3.05) is 6.61 Å². The molecule has 1 rings (SSSR count). The highest BCUT2D eigenvalue weighted by molar-refractivity contribution is 4.93. The second-order valence-electron chi connectivity index (χ2n) is 2.37.